The number of ether oxygens (including phenoxy) is 1. The molecule has 0 heterocycles. The molecule has 3 N–H and O–H groups in total. The summed E-state index contributed by atoms with van der Waals surface area (Å²) in [5.41, 5.74) is 3.80. The Balaban J connectivity index is 2.57. The molecule has 1 atom stereocenters. The molecule has 2 aromatic carbocycles. The van der Waals surface area contributed by atoms with Crippen LogP contribution >= 0.6 is 23.2 Å². The number of halogens is 3. The molecule has 0 aliphatic rings. The van der Waals surface area contributed by atoms with Crippen molar-refractivity contribution < 1.29 is 9.13 Å². The third-order valence-electron chi connectivity index (χ3n) is 2.94. The van der Waals surface area contributed by atoms with Crippen LogP contribution in [0.3, 0.4) is 0 Å². The van der Waals surface area contributed by atoms with Gasteiger partial charge in [-0.1, -0.05) is 23.2 Å². The van der Waals surface area contributed by atoms with E-state index >= 15 is 0 Å². The number of hydrogen-bond donors (Lipinski definition) is 2. The lowest BCUT2D eigenvalue weighted by Gasteiger charge is -2.21. The second kappa shape index (κ2) is 6.41. The van der Waals surface area contributed by atoms with Crippen molar-refractivity contribution in [1.82, 2.24) is 5.43 Å². The first kappa shape index (κ1) is 15.1. The van der Waals surface area contributed by atoms with E-state index in [-0.39, 0.29) is 0 Å². The SMILES string of the molecule is COc1ccc(Cl)cc1C(NN)c1cc(F)ccc1Cl. The van der Waals surface area contributed by atoms with Crippen molar-refractivity contribution in [3.8, 4) is 5.75 Å². The summed E-state index contributed by atoms with van der Waals surface area (Å²) in [5.74, 6) is 5.78. The Labute approximate surface area is 126 Å². The first-order valence-electron chi connectivity index (χ1n) is 5.81. The highest BCUT2D eigenvalue weighted by molar-refractivity contribution is 6.31. The molecule has 3 nitrogen and oxygen atoms in total. The summed E-state index contributed by atoms with van der Waals surface area (Å²) < 4.78 is 18.7. The average Bonchev–Trinajstić information content (AvgIpc) is 2.44. The largest absolute Gasteiger partial charge is 0.496 e. The lowest BCUT2D eigenvalue weighted by molar-refractivity contribution is 0.404. The fourth-order valence-corrected chi connectivity index (χ4v) is 2.42. The predicted octanol–water partition coefficient (Wildman–Crippen LogP) is 3.69. The molecule has 0 saturated heterocycles. The van der Waals surface area contributed by atoms with Crippen LogP contribution in [0.25, 0.3) is 0 Å². The molecule has 0 amide bonds. The third-order valence-corrected chi connectivity index (χ3v) is 3.52. The highest BCUT2D eigenvalue weighted by Crippen LogP contribution is 2.35. The number of nitrogens with two attached hydrogens (primary N) is 1. The van der Waals surface area contributed by atoms with E-state index in [0.717, 1.165) is 0 Å². The topological polar surface area (TPSA) is 47.3 Å². The van der Waals surface area contributed by atoms with Gasteiger partial charge >= 0.3 is 0 Å². The zero-order chi connectivity index (χ0) is 14.7. The van der Waals surface area contributed by atoms with Gasteiger partial charge in [-0.15, -0.1) is 0 Å². The van der Waals surface area contributed by atoms with Crippen molar-refractivity contribution in [2.45, 2.75) is 6.04 Å². The van der Waals surface area contributed by atoms with Gasteiger partial charge in [0, 0.05) is 15.6 Å². The summed E-state index contributed by atoms with van der Waals surface area (Å²) in [6, 6.07) is 8.67. The highest BCUT2D eigenvalue weighted by Gasteiger charge is 2.20. The Bertz CT molecular complexity index is 622. The monoisotopic (exact) mass is 314 g/mol. The van der Waals surface area contributed by atoms with Gasteiger partial charge in [-0.3, -0.25) is 5.84 Å². The minimum atomic E-state index is -0.535. The van der Waals surface area contributed by atoms with Gasteiger partial charge < -0.3 is 4.74 Å². The Morgan fingerprint density at radius 1 is 1.15 bits per heavy atom. The number of hydrogen-bond acceptors (Lipinski definition) is 3. The Morgan fingerprint density at radius 3 is 2.55 bits per heavy atom. The zero-order valence-corrected chi connectivity index (χ0v) is 12.2. The molecular weight excluding hydrogens is 302 g/mol. The molecule has 2 aromatic rings. The van der Waals surface area contributed by atoms with E-state index in [1.807, 2.05) is 0 Å². The van der Waals surface area contributed by atoms with Crippen LogP contribution < -0.4 is 16.0 Å². The van der Waals surface area contributed by atoms with Crippen LogP contribution in [-0.2, 0) is 0 Å². The van der Waals surface area contributed by atoms with Crippen molar-refractivity contribution in [1.29, 1.82) is 0 Å². The maximum atomic E-state index is 13.4. The average molecular weight is 315 g/mol. The summed E-state index contributed by atoms with van der Waals surface area (Å²) in [5, 5.41) is 0.921. The van der Waals surface area contributed by atoms with Crippen LogP contribution in [0, 0.1) is 5.82 Å². The molecule has 1 unspecified atom stereocenters. The summed E-state index contributed by atoms with van der Waals surface area (Å²) in [6.07, 6.45) is 0. The van der Waals surface area contributed by atoms with Gasteiger partial charge in [0.1, 0.15) is 11.6 Å². The predicted molar refractivity (Wildman–Crippen MR) is 78.6 cm³/mol. The summed E-state index contributed by atoms with van der Waals surface area (Å²) in [6.45, 7) is 0. The molecule has 0 radical (unpaired) electrons. The fourth-order valence-electron chi connectivity index (χ4n) is 2.01. The third kappa shape index (κ3) is 3.04. The maximum Gasteiger partial charge on any atom is 0.124 e. The van der Waals surface area contributed by atoms with Crippen molar-refractivity contribution in [3.05, 3.63) is 63.4 Å². The smallest absolute Gasteiger partial charge is 0.124 e. The lowest BCUT2D eigenvalue weighted by Crippen LogP contribution is -2.29. The highest BCUT2D eigenvalue weighted by atomic mass is 35.5. The summed E-state index contributed by atoms with van der Waals surface area (Å²) >= 11 is 12.1. The molecule has 0 spiro atoms. The van der Waals surface area contributed by atoms with Gasteiger partial charge in [0.25, 0.3) is 0 Å². The lowest BCUT2D eigenvalue weighted by atomic mass is 9.98. The fraction of sp³-hybridized carbons (Fsp3) is 0.143. The normalized spacial score (nSPS) is 12.2. The second-order valence-corrected chi connectivity index (χ2v) is 5.00. The molecular formula is C14H13Cl2FN2O. The molecule has 0 aliphatic carbocycles. The quantitative estimate of drug-likeness (QED) is 0.668. The minimum Gasteiger partial charge on any atom is -0.496 e. The van der Waals surface area contributed by atoms with Crippen LogP contribution in [0.2, 0.25) is 10.0 Å². The van der Waals surface area contributed by atoms with E-state index in [1.165, 1.54) is 25.3 Å². The number of benzene rings is 2. The Hall–Kier alpha value is -1.33. The molecule has 20 heavy (non-hydrogen) atoms. The van der Waals surface area contributed by atoms with Gasteiger partial charge in [-0.2, -0.15) is 0 Å². The van der Waals surface area contributed by atoms with Crippen LogP contribution in [0.4, 0.5) is 4.39 Å². The van der Waals surface area contributed by atoms with Crippen LogP contribution in [0.15, 0.2) is 36.4 Å². The molecule has 0 bridgehead atoms. The van der Waals surface area contributed by atoms with E-state index < -0.39 is 11.9 Å². The van der Waals surface area contributed by atoms with Gasteiger partial charge in [-0.05, 0) is 42.0 Å². The van der Waals surface area contributed by atoms with Crippen molar-refractivity contribution in [2.75, 3.05) is 7.11 Å². The van der Waals surface area contributed by atoms with E-state index in [1.54, 1.807) is 18.2 Å². The summed E-state index contributed by atoms with van der Waals surface area (Å²) in [7, 11) is 1.54. The molecule has 6 heteroatoms. The van der Waals surface area contributed by atoms with Crippen LogP contribution in [0.5, 0.6) is 5.75 Å². The van der Waals surface area contributed by atoms with Gasteiger partial charge in [0.15, 0.2) is 0 Å². The first-order chi connectivity index (χ1) is 9.56. The van der Waals surface area contributed by atoms with Crippen molar-refractivity contribution >= 4 is 23.2 Å². The van der Waals surface area contributed by atoms with Gasteiger partial charge in [0.05, 0.1) is 13.2 Å². The Kier molecular flexibility index (Phi) is 4.83. The van der Waals surface area contributed by atoms with Gasteiger partial charge in [0.2, 0.25) is 0 Å². The summed E-state index contributed by atoms with van der Waals surface area (Å²) in [4.78, 5) is 0. The van der Waals surface area contributed by atoms with Crippen molar-refractivity contribution in [2.24, 2.45) is 5.84 Å². The van der Waals surface area contributed by atoms with E-state index in [9.17, 15) is 4.39 Å². The molecule has 0 saturated carbocycles. The van der Waals surface area contributed by atoms with Crippen LogP contribution in [0.1, 0.15) is 17.2 Å². The molecule has 106 valence electrons. The number of rotatable bonds is 4. The van der Waals surface area contributed by atoms with Gasteiger partial charge in [-0.25, -0.2) is 9.82 Å². The zero-order valence-electron chi connectivity index (χ0n) is 10.7. The van der Waals surface area contributed by atoms with Crippen molar-refractivity contribution in [3.63, 3.8) is 0 Å². The van der Waals surface area contributed by atoms with Crippen LogP contribution in [-0.4, -0.2) is 7.11 Å². The Morgan fingerprint density at radius 2 is 1.90 bits per heavy atom. The van der Waals surface area contributed by atoms with E-state index in [2.05, 4.69) is 5.43 Å². The maximum absolute atomic E-state index is 13.4. The molecule has 2 rings (SSSR count). The number of nitrogens with one attached hydrogen (secondary N) is 1. The second-order valence-electron chi connectivity index (χ2n) is 4.15. The molecule has 0 aliphatic heterocycles. The number of hydrazine groups is 1. The standard InChI is InChI=1S/C14H13Cl2FN2O/c1-20-13-5-2-8(15)6-11(13)14(19-18)10-7-9(17)3-4-12(10)16/h2-7,14,19H,18H2,1H3. The molecule has 0 aromatic heterocycles. The first-order valence-corrected chi connectivity index (χ1v) is 6.57. The van der Waals surface area contributed by atoms with E-state index in [0.29, 0.717) is 26.9 Å². The number of methoxy groups -OCH3 is 1. The van der Waals surface area contributed by atoms with E-state index in [4.69, 9.17) is 33.8 Å². The molecule has 0 fully saturated rings. The minimum absolute atomic E-state index is 0.398.